The normalized spacial score (nSPS) is 12.5. The first-order valence-electron chi connectivity index (χ1n) is 4.79. The van der Waals surface area contributed by atoms with Crippen LogP contribution in [0.25, 0.3) is 0 Å². The molecule has 0 spiro atoms. The molecular weight excluding hydrogens is 195 g/mol. The molecule has 0 radical (unpaired) electrons. The van der Waals surface area contributed by atoms with E-state index >= 15 is 0 Å². The van der Waals surface area contributed by atoms with Crippen LogP contribution >= 0.6 is 0 Å². The average molecular weight is 210 g/mol. The molecule has 15 heavy (non-hydrogen) atoms. The van der Waals surface area contributed by atoms with Crippen molar-refractivity contribution in [3.8, 4) is 0 Å². The van der Waals surface area contributed by atoms with E-state index in [1.807, 2.05) is 6.92 Å². The Balaban J connectivity index is 2.77. The van der Waals surface area contributed by atoms with Gasteiger partial charge in [-0.2, -0.15) is 0 Å². The van der Waals surface area contributed by atoms with Crippen LogP contribution < -0.4 is 5.46 Å². The number of methoxy groups -OCH3 is 1. The Morgan fingerprint density at radius 3 is 2.27 bits per heavy atom. The van der Waals surface area contributed by atoms with Crippen LogP contribution in [-0.4, -0.2) is 30.9 Å². The van der Waals surface area contributed by atoms with Crippen LogP contribution in [0.5, 0.6) is 0 Å². The molecule has 2 N–H and O–H groups in total. The lowest BCUT2D eigenvalue weighted by Gasteiger charge is -2.15. The van der Waals surface area contributed by atoms with Gasteiger partial charge in [-0.25, -0.2) is 0 Å². The largest absolute Gasteiger partial charge is 0.488 e. The van der Waals surface area contributed by atoms with Crippen LogP contribution in [0.3, 0.4) is 0 Å². The van der Waals surface area contributed by atoms with Gasteiger partial charge in [-0.3, -0.25) is 0 Å². The first-order chi connectivity index (χ1) is 7.19. The Kier molecular flexibility index (Phi) is 4.78. The second kappa shape index (κ2) is 5.87. The summed E-state index contributed by atoms with van der Waals surface area (Å²) in [7, 11) is 0.127. The van der Waals surface area contributed by atoms with Crippen LogP contribution in [0.2, 0.25) is 0 Å². The molecule has 1 unspecified atom stereocenters. The number of ether oxygens (including phenoxy) is 2. The molecule has 0 aliphatic carbocycles. The molecule has 0 aliphatic rings. The summed E-state index contributed by atoms with van der Waals surface area (Å²) in [6.07, 6.45) is -0.403. The zero-order chi connectivity index (χ0) is 11.3. The minimum atomic E-state index is -1.44. The van der Waals surface area contributed by atoms with Crippen molar-refractivity contribution in [1.82, 2.24) is 0 Å². The maximum absolute atomic E-state index is 8.91. The molecule has 0 amide bonds. The first kappa shape index (κ1) is 12.2. The molecule has 0 saturated heterocycles. The third-order valence-corrected chi connectivity index (χ3v) is 2.04. The molecule has 4 nitrogen and oxygen atoms in total. The standard InChI is InChI=1S/C10H15BO4/c1-3-15-10(14-2)8-4-6-9(7-5-8)11(12)13/h4-7,10,12-13H,3H2,1-2H3. The van der Waals surface area contributed by atoms with Gasteiger partial charge in [0, 0.05) is 19.3 Å². The fourth-order valence-corrected chi connectivity index (χ4v) is 1.28. The van der Waals surface area contributed by atoms with Crippen LogP contribution in [0.15, 0.2) is 24.3 Å². The lowest BCUT2D eigenvalue weighted by atomic mass is 9.80. The molecule has 0 heterocycles. The lowest BCUT2D eigenvalue weighted by Crippen LogP contribution is -2.29. The molecule has 0 saturated carbocycles. The zero-order valence-corrected chi connectivity index (χ0v) is 8.88. The van der Waals surface area contributed by atoms with Gasteiger partial charge in [-0.1, -0.05) is 24.3 Å². The smallest absolute Gasteiger partial charge is 0.423 e. The predicted octanol–water partition coefficient (Wildman–Crippen LogP) is 0.0479. The fourth-order valence-electron chi connectivity index (χ4n) is 1.28. The number of hydrogen-bond donors (Lipinski definition) is 2. The monoisotopic (exact) mass is 210 g/mol. The van der Waals surface area contributed by atoms with Gasteiger partial charge in [0.05, 0.1) is 0 Å². The highest BCUT2D eigenvalue weighted by Gasteiger charge is 2.13. The van der Waals surface area contributed by atoms with Crippen LogP contribution in [0.4, 0.5) is 0 Å². The van der Waals surface area contributed by atoms with E-state index in [1.54, 1.807) is 31.4 Å². The maximum atomic E-state index is 8.91. The van der Waals surface area contributed by atoms with Crippen molar-refractivity contribution in [3.63, 3.8) is 0 Å². The summed E-state index contributed by atoms with van der Waals surface area (Å²) >= 11 is 0. The fraction of sp³-hybridized carbons (Fsp3) is 0.400. The van der Waals surface area contributed by atoms with Gasteiger partial charge < -0.3 is 19.5 Å². The third kappa shape index (κ3) is 3.32. The Bertz CT molecular complexity index is 286. The van der Waals surface area contributed by atoms with Crippen molar-refractivity contribution in [2.45, 2.75) is 13.2 Å². The zero-order valence-electron chi connectivity index (χ0n) is 8.88. The van der Waals surface area contributed by atoms with E-state index in [0.717, 1.165) is 5.56 Å². The number of hydrogen-bond acceptors (Lipinski definition) is 4. The molecule has 1 rings (SSSR count). The van der Waals surface area contributed by atoms with Gasteiger partial charge in [0.15, 0.2) is 6.29 Å². The van der Waals surface area contributed by atoms with E-state index in [-0.39, 0.29) is 0 Å². The Labute approximate surface area is 89.6 Å². The van der Waals surface area contributed by atoms with Crippen molar-refractivity contribution in [3.05, 3.63) is 29.8 Å². The second-order valence-corrected chi connectivity index (χ2v) is 3.06. The van der Waals surface area contributed by atoms with Crippen LogP contribution in [0.1, 0.15) is 18.8 Å². The number of rotatable bonds is 5. The van der Waals surface area contributed by atoms with Crippen molar-refractivity contribution in [1.29, 1.82) is 0 Å². The van der Waals surface area contributed by atoms with E-state index in [2.05, 4.69) is 0 Å². The summed E-state index contributed by atoms with van der Waals surface area (Å²) in [5, 5.41) is 17.8. The average Bonchev–Trinajstić information content (AvgIpc) is 2.26. The van der Waals surface area contributed by atoms with E-state index in [4.69, 9.17) is 19.5 Å². The Morgan fingerprint density at radius 2 is 1.87 bits per heavy atom. The van der Waals surface area contributed by atoms with E-state index in [1.165, 1.54) is 0 Å². The summed E-state index contributed by atoms with van der Waals surface area (Å²) in [6, 6.07) is 6.76. The van der Waals surface area contributed by atoms with Crippen molar-refractivity contribution < 1.29 is 19.5 Å². The highest BCUT2D eigenvalue weighted by molar-refractivity contribution is 6.58. The van der Waals surface area contributed by atoms with Gasteiger partial charge in [0.1, 0.15) is 0 Å². The minimum absolute atomic E-state index is 0.403. The highest BCUT2D eigenvalue weighted by Crippen LogP contribution is 2.16. The molecule has 0 bridgehead atoms. The molecular formula is C10H15BO4. The van der Waals surface area contributed by atoms with Gasteiger partial charge >= 0.3 is 7.12 Å². The maximum Gasteiger partial charge on any atom is 0.488 e. The minimum Gasteiger partial charge on any atom is -0.423 e. The van der Waals surface area contributed by atoms with E-state index < -0.39 is 13.4 Å². The summed E-state index contributed by atoms with van der Waals surface area (Å²) in [5.41, 5.74) is 1.30. The third-order valence-electron chi connectivity index (χ3n) is 2.04. The van der Waals surface area contributed by atoms with Crippen LogP contribution in [-0.2, 0) is 9.47 Å². The predicted molar refractivity (Wildman–Crippen MR) is 57.6 cm³/mol. The summed E-state index contributed by atoms with van der Waals surface area (Å²) in [4.78, 5) is 0. The SMILES string of the molecule is CCOC(OC)c1ccc(B(O)O)cc1. The first-order valence-corrected chi connectivity index (χ1v) is 4.79. The molecule has 1 aromatic carbocycles. The van der Waals surface area contributed by atoms with Crippen molar-refractivity contribution in [2.24, 2.45) is 0 Å². The lowest BCUT2D eigenvalue weighted by molar-refractivity contribution is -0.124. The summed E-state index contributed by atoms with van der Waals surface area (Å²) in [5.74, 6) is 0. The van der Waals surface area contributed by atoms with Crippen molar-refractivity contribution in [2.75, 3.05) is 13.7 Å². The van der Waals surface area contributed by atoms with E-state index in [9.17, 15) is 0 Å². The molecule has 5 heteroatoms. The molecule has 0 fully saturated rings. The Hall–Kier alpha value is -0.875. The highest BCUT2D eigenvalue weighted by atomic mass is 16.7. The molecule has 1 atom stereocenters. The summed E-state index contributed by atoms with van der Waals surface area (Å²) < 4.78 is 10.5. The van der Waals surface area contributed by atoms with Gasteiger partial charge in [0.2, 0.25) is 0 Å². The molecule has 82 valence electrons. The quantitative estimate of drug-likeness (QED) is 0.532. The Morgan fingerprint density at radius 1 is 1.27 bits per heavy atom. The number of benzene rings is 1. The molecule has 1 aromatic rings. The second-order valence-electron chi connectivity index (χ2n) is 3.06. The topological polar surface area (TPSA) is 58.9 Å². The molecule has 0 aromatic heterocycles. The van der Waals surface area contributed by atoms with Gasteiger partial charge in [0.25, 0.3) is 0 Å². The summed E-state index contributed by atoms with van der Waals surface area (Å²) in [6.45, 7) is 2.45. The van der Waals surface area contributed by atoms with Crippen LogP contribution in [0, 0.1) is 0 Å². The van der Waals surface area contributed by atoms with Gasteiger partial charge in [-0.15, -0.1) is 0 Å². The van der Waals surface area contributed by atoms with E-state index in [0.29, 0.717) is 12.1 Å². The molecule has 0 aliphatic heterocycles. The van der Waals surface area contributed by atoms with Crippen molar-refractivity contribution >= 4 is 12.6 Å². The van der Waals surface area contributed by atoms with Gasteiger partial charge in [-0.05, 0) is 12.4 Å².